The highest BCUT2D eigenvalue weighted by Crippen LogP contribution is 2.32. The predicted molar refractivity (Wildman–Crippen MR) is 99.4 cm³/mol. The van der Waals surface area contributed by atoms with Crippen molar-refractivity contribution < 1.29 is 9.59 Å². The second-order valence-electron chi connectivity index (χ2n) is 6.81. The highest BCUT2D eigenvalue weighted by Gasteiger charge is 2.30. The SMILES string of the molecule is CC(=O)N1CCc2ccccc2C1CC(=O)Nc1cc(C)cc(C)c1. The van der Waals surface area contributed by atoms with Gasteiger partial charge in [0.2, 0.25) is 11.8 Å². The standard InChI is InChI=1S/C21H24N2O2/c1-14-10-15(2)12-18(11-14)22-21(25)13-20-19-7-5-4-6-17(19)8-9-23(20)16(3)24/h4-7,10-12,20H,8-9,13H2,1-3H3,(H,22,25). The Kier molecular flexibility index (Phi) is 4.88. The highest BCUT2D eigenvalue weighted by molar-refractivity contribution is 5.92. The number of nitrogens with zero attached hydrogens (tertiary/aromatic N) is 1. The molecule has 2 aromatic carbocycles. The van der Waals surface area contributed by atoms with Crippen LogP contribution in [0.1, 0.15) is 41.6 Å². The highest BCUT2D eigenvalue weighted by atomic mass is 16.2. The van der Waals surface area contributed by atoms with Crippen molar-refractivity contribution in [2.75, 3.05) is 11.9 Å². The van der Waals surface area contributed by atoms with Crippen molar-refractivity contribution in [2.45, 2.75) is 39.7 Å². The van der Waals surface area contributed by atoms with Gasteiger partial charge < -0.3 is 10.2 Å². The summed E-state index contributed by atoms with van der Waals surface area (Å²) in [5, 5.41) is 2.98. The minimum atomic E-state index is -0.201. The first-order chi connectivity index (χ1) is 11.9. The van der Waals surface area contributed by atoms with Gasteiger partial charge in [-0.3, -0.25) is 9.59 Å². The number of hydrogen-bond donors (Lipinski definition) is 1. The van der Waals surface area contributed by atoms with Crippen LogP contribution in [-0.4, -0.2) is 23.3 Å². The van der Waals surface area contributed by atoms with Crippen LogP contribution >= 0.6 is 0 Å². The first kappa shape index (κ1) is 17.2. The van der Waals surface area contributed by atoms with Gasteiger partial charge in [0.15, 0.2) is 0 Å². The van der Waals surface area contributed by atoms with E-state index in [-0.39, 0.29) is 24.3 Å². The fourth-order valence-electron chi connectivity index (χ4n) is 3.68. The number of rotatable bonds is 3. The Balaban J connectivity index is 1.81. The number of amides is 2. The third-order valence-electron chi connectivity index (χ3n) is 4.70. The summed E-state index contributed by atoms with van der Waals surface area (Å²) in [6.45, 7) is 6.26. The average Bonchev–Trinajstić information content (AvgIpc) is 2.53. The third kappa shape index (κ3) is 3.90. The summed E-state index contributed by atoms with van der Waals surface area (Å²) in [5.74, 6) is -0.0587. The van der Waals surface area contributed by atoms with Crippen LogP contribution in [0.4, 0.5) is 5.69 Å². The molecule has 1 N–H and O–H groups in total. The first-order valence-corrected chi connectivity index (χ1v) is 8.67. The van der Waals surface area contributed by atoms with Gasteiger partial charge in [0.25, 0.3) is 0 Å². The predicted octanol–water partition coefficient (Wildman–Crippen LogP) is 3.78. The zero-order valence-electron chi connectivity index (χ0n) is 15.0. The summed E-state index contributed by atoms with van der Waals surface area (Å²) in [7, 11) is 0. The lowest BCUT2D eigenvalue weighted by atomic mass is 9.90. The second-order valence-corrected chi connectivity index (χ2v) is 6.81. The van der Waals surface area contributed by atoms with E-state index in [1.54, 1.807) is 6.92 Å². The summed E-state index contributed by atoms with van der Waals surface area (Å²) in [6.07, 6.45) is 1.11. The number of benzene rings is 2. The van der Waals surface area contributed by atoms with Crippen molar-refractivity contribution in [3.63, 3.8) is 0 Å². The minimum Gasteiger partial charge on any atom is -0.335 e. The fraction of sp³-hybridized carbons (Fsp3) is 0.333. The topological polar surface area (TPSA) is 49.4 Å². The summed E-state index contributed by atoms with van der Waals surface area (Å²) >= 11 is 0. The molecule has 0 aliphatic carbocycles. The zero-order chi connectivity index (χ0) is 18.0. The number of carbonyl (C=O) groups excluding carboxylic acids is 2. The summed E-state index contributed by atoms with van der Waals surface area (Å²) in [4.78, 5) is 26.5. The largest absolute Gasteiger partial charge is 0.335 e. The molecule has 0 spiro atoms. The maximum atomic E-state index is 12.6. The van der Waals surface area contributed by atoms with Gasteiger partial charge in [-0.15, -0.1) is 0 Å². The summed E-state index contributed by atoms with van der Waals surface area (Å²) in [5.41, 5.74) is 5.34. The number of nitrogens with one attached hydrogen (secondary N) is 1. The molecule has 0 bridgehead atoms. The van der Waals surface area contributed by atoms with Crippen molar-refractivity contribution in [2.24, 2.45) is 0 Å². The van der Waals surface area contributed by atoms with Crippen molar-refractivity contribution in [1.29, 1.82) is 0 Å². The molecule has 4 heteroatoms. The molecule has 1 unspecified atom stereocenters. The lowest BCUT2D eigenvalue weighted by molar-refractivity contribution is -0.132. The normalized spacial score (nSPS) is 16.3. The van der Waals surface area contributed by atoms with Gasteiger partial charge in [0.05, 0.1) is 12.5 Å². The van der Waals surface area contributed by atoms with Gasteiger partial charge in [-0.05, 0) is 54.7 Å². The molecule has 1 aliphatic heterocycles. The molecular formula is C21H24N2O2. The molecule has 25 heavy (non-hydrogen) atoms. The number of fused-ring (bicyclic) bond motifs is 1. The van der Waals surface area contributed by atoms with E-state index in [1.165, 1.54) is 5.56 Å². The van der Waals surface area contributed by atoms with E-state index in [0.717, 1.165) is 28.8 Å². The zero-order valence-corrected chi connectivity index (χ0v) is 15.0. The molecule has 3 rings (SSSR count). The van der Waals surface area contributed by atoms with Crippen LogP contribution in [0, 0.1) is 13.8 Å². The monoisotopic (exact) mass is 336 g/mol. The Hall–Kier alpha value is -2.62. The molecular weight excluding hydrogens is 312 g/mol. The second kappa shape index (κ2) is 7.09. The molecule has 4 nitrogen and oxygen atoms in total. The molecule has 1 aliphatic rings. The summed E-state index contributed by atoms with van der Waals surface area (Å²) in [6, 6.07) is 13.9. The Morgan fingerprint density at radius 2 is 1.80 bits per heavy atom. The maximum absolute atomic E-state index is 12.6. The van der Waals surface area contributed by atoms with Gasteiger partial charge in [-0.2, -0.15) is 0 Å². The summed E-state index contributed by atoms with van der Waals surface area (Å²) < 4.78 is 0. The van der Waals surface area contributed by atoms with Gasteiger partial charge in [-0.1, -0.05) is 30.3 Å². The van der Waals surface area contributed by atoms with Crippen LogP contribution in [-0.2, 0) is 16.0 Å². The van der Waals surface area contributed by atoms with Crippen LogP contribution < -0.4 is 5.32 Å². The molecule has 1 heterocycles. The van der Waals surface area contributed by atoms with Gasteiger partial charge in [0, 0.05) is 19.2 Å². The molecule has 0 saturated heterocycles. The number of aryl methyl sites for hydroxylation is 2. The quantitative estimate of drug-likeness (QED) is 0.927. The number of carbonyl (C=O) groups is 2. The van der Waals surface area contributed by atoms with Crippen LogP contribution in [0.25, 0.3) is 0 Å². The van der Waals surface area contributed by atoms with E-state index in [4.69, 9.17) is 0 Å². The maximum Gasteiger partial charge on any atom is 0.226 e. The molecule has 0 saturated carbocycles. The van der Waals surface area contributed by atoms with Crippen molar-refractivity contribution >= 4 is 17.5 Å². The average molecular weight is 336 g/mol. The van der Waals surface area contributed by atoms with Crippen molar-refractivity contribution in [3.8, 4) is 0 Å². The molecule has 130 valence electrons. The van der Waals surface area contributed by atoms with E-state index >= 15 is 0 Å². The minimum absolute atomic E-state index is 0.0127. The molecule has 0 radical (unpaired) electrons. The Morgan fingerprint density at radius 1 is 1.12 bits per heavy atom. The number of hydrogen-bond acceptors (Lipinski definition) is 2. The van der Waals surface area contributed by atoms with Gasteiger partial charge in [0.1, 0.15) is 0 Å². The van der Waals surface area contributed by atoms with Gasteiger partial charge >= 0.3 is 0 Å². The molecule has 2 aromatic rings. The lowest BCUT2D eigenvalue weighted by Gasteiger charge is -2.36. The fourth-order valence-corrected chi connectivity index (χ4v) is 3.68. The van der Waals surface area contributed by atoms with Crippen molar-refractivity contribution in [3.05, 3.63) is 64.7 Å². The van der Waals surface area contributed by atoms with Gasteiger partial charge in [-0.25, -0.2) is 0 Å². The Bertz CT molecular complexity index is 793. The Labute approximate surface area is 148 Å². The van der Waals surface area contributed by atoms with E-state index in [2.05, 4.69) is 17.4 Å². The lowest BCUT2D eigenvalue weighted by Crippen LogP contribution is -2.40. The molecule has 1 atom stereocenters. The first-order valence-electron chi connectivity index (χ1n) is 8.67. The third-order valence-corrected chi connectivity index (χ3v) is 4.70. The van der Waals surface area contributed by atoms with Crippen molar-refractivity contribution in [1.82, 2.24) is 4.90 Å². The van der Waals surface area contributed by atoms with E-state index in [9.17, 15) is 9.59 Å². The van der Waals surface area contributed by atoms with Crippen LogP contribution in [0.2, 0.25) is 0 Å². The van der Waals surface area contributed by atoms with E-state index in [1.807, 2.05) is 49.1 Å². The van der Waals surface area contributed by atoms with Crippen LogP contribution in [0.5, 0.6) is 0 Å². The van der Waals surface area contributed by atoms with E-state index < -0.39 is 0 Å². The number of anilines is 1. The molecule has 0 fully saturated rings. The van der Waals surface area contributed by atoms with Crippen LogP contribution in [0.3, 0.4) is 0 Å². The van der Waals surface area contributed by atoms with E-state index in [0.29, 0.717) is 6.54 Å². The molecule has 0 aromatic heterocycles. The van der Waals surface area contributed by atoms with Crippen LogP contribution in [0.15, 0.2) is 42.5 Å². The molecule has 2 amide bonds. The Morgan fingerprint density at radius 3 is 2.48 bits per heavy atom. The smallest absolute Gasteiger partial charge is 0.226 e.